The van der Waals surface area contributed by atoms with Crippen LogP contribution in [-0.4, -0.2) is 42.9 Å². The van der Waals surface area contributed by atoms with Gasteiger partial charge in [0.05, 0.1) is 12.2 Å². The van der Waals surface area contributed by atoms with E-state index in [0.29, 0.717) is 12.2 Å². The lowest BCUT2D eigenvalue weighted by molar-refractivity contribution is -0.252. The van der Waals surface area contributed by atoms with Gasteiger partial charge < -0.3 is 28.6 Å². The SMILES string of the molecule is CCC(C)C(C)C(C)C(C)(OP(=O)([O-])OC(CC=O)C(O)COC)C(C)C(C)CC. The summed E-state index contributed by atoms with van der Waals surface area (Å²) < 4.78 is 28.8. The topological polar surface area (TPSA) is 105 Å². The number of aliphatic hydroxyl groups excluding tert-OH is 1. The molecule has 9 atom stereocenters. The van der Waals surface area contributed by atoms with Gasteiger partial charge in [0.15, 0.2) is 0 Å². The summed E-state index contributed by atoms with van der Waals surface area (Å²) in [5.41, 5.74) is -1.01. The van der Waals surface area contributed by atoms with E-state index >= 15 is 0 Å². The van der Waals surface area contributed by atoms with Gasteiger partial charge in [-0.05, 0) is 36.5 Å². The predicted octanol–water partition coefficient (Wildman–Crippen LogP) is 4.21. The Morgan fingerprint density at radius 2 is 1.60 bits per heavy atom. The molecule has 0 aliphatic heterocycles. The Kier molecular flexibility index (Phi) is 13.2. The van der Waals surface area contributed by atoms with Crippen LogP contribution in [0.3, 0.4) is 0 Å². The van der Waals surface area contributed by atoms with Gasteiger partial charge in [-0.2, -0.15) is 0 Å². The summed E-state index contributed by atoms with van der Waals surface area (Å²) in [7, 11) is -3.47. The first-order chi connectivity index (χ1) is 13.8. The molecule has 0 aromatic carbocycles. The maximum atomic E-state index is 12.9. The second-order valence-corrected chi connectivity index (χ2v) is 10.3. The van der Waals surface area contributed by atoms with E-state index in [1.165, 1.54) is 7.11 Å². The quantitative estimate of drug-likeness (QED) is 0.277. The second-order valence-electron chi connectivity index (χ2n) is 9.00. The first-order valence-corrected chi connectivity index (χ1v) is 12.6. The number of aldehydes is 1. The van der Waals surface area contributed by atoms with E-state index in [2.05, 4.69) is 34.6 Å². The van der Waals surface area contributed by atoms with Crippen LogP contribution in [0.4, 0.5) is 0 Å². The fourth-order valence-corrected chi connectivity index (χ4v) is 5.37. The monoisotopic (exact) mass is 451 g/mol. The highest BCUT2D eigenvalue weighted by molar-refractivity contribution is 7.45. The summed E-state index contributed by atoms with van der Waals surface area (Å²) in [6, 6.07) is 0. The number of rotatable bonds is 16. The number of hydrogen-bond donors (Lipinski definition) is 1. The van der Waals surface area contributed by atoms with Crippen LogP contribution in [-0.2, 0) is 23.1 Å². The van der Waals surface area contributed by atoms with Gasteiger partial charge in [-0.3, -0.25) is 4.57 Å². The van der Waals surface area contributed by atoms with Gasteiger partial charge in [-0.1, -0.05) is 61.3 Å². The van der Waals surface area contributed by atoms with Crippen LogP contribution in [0.25, 0.3) is 0 Å². The van der Waals surface area contributed by atoms with Crippen molar-refractivity contribution < 1.29 is 33.1 Å². The molecule has 0 amide bonds. The van der Waals surface area contributed by atoms with Gasteiger partial charge in [-0.15, -0.1) is 0 Å². The fourth-order valence-electron chi connectivity index (χ4n) is 3.96. The number of ether oxygens (including phenoxy) is 1. The van der Waals surface area contributed by atoms with Gasteiger partial charge in [0.25, 0.3) is 7.82 Å². The maximum absolute atomic E-state index is 12.9. The lowest BCUT2D eigenvalue weighted by atomic mass is 9.67. The Hall–Kier alpha value is -0.300. The molecule has 0 rings (SSSR count). The van der Waals surface area contributed by atoms with Crippen molar-refractivity contribution in [1.29, 1.82) is 0 Å². The molecule has 180 valence electrons. The Bertz CT molecular complexity index is 544. The molecule has 0 spiro atoms. The molecular formula is C22H44O7P-. The summed E-state index contributed by atoms with van der Waals surface area (Å²) >= 11 is 0. The van der Waals surface area contributed by atoms with Crippen LogP contribution in [0.5, 0.6) is 0 Å². The van der Waals surface area contributed by atoms with Crippen molar-refractivity contribution in [2.45, 2.75) is 92.5 Å². The number of aliphatic hydroxyl groups is 1. The Morgan fingerprint density at radius 3 is 2.03 bits per heavy atom. The van der Waals surface area contributed by atoms with Crippen molar-refractivity contribution in [3.8, 4) is 0 Å². The molecule has 9 unspecified atom stereocenters. The highest BCUT2D eigenvalue weighted by atomic mass is 31.2. The van der Waals surface area contributed by atoms with E-state index < -0.39 is 25.6 Å². The summed E-state index contributed by atoms with van der Waals surface area (Å²) in [5, 5.41) is 10.1. The third kappa shape index (κ3) is 8.33. The number of carbonyl (C=O) groups excluding carboxylic acids is 1. The van der Waals surface area contributed by atoms with Crippen LogP contribution in [0.15, 0.2) is 0 Å². The average molecular weight is 452 g/mol. The maximum Gasteiger partial charge on any atom is 0.268 e. The molecule has 0 fully saturated rings. The van der Waals surface area contributed by atoms with Gasteiger partial charge >= 0.3 is 0 Å². The number of methoxy groups -OCH3 is 1. The summed E-state index contributed by atoms with van der Waals surface area (Å²) in [6.07, 6.45) is -0.420. The fraction of sp³-hybridized carbons (Fsp3) is 0.955. The molecular weight excluding hydrogens is 407 g/mol. The van der Waals surface area contributed by atoms with E-state index in [9.17, 15) is 19.4 Å². The van der Waals surface area contributed by atoms with Crippen LogP contribution in [0, 0.1) is 29.6 Å². The van der Waals surface area contributed by atoms with Gasteiger partial charge in [-0.25, -0.2) is 0 Å². The minimum atomic E-state index is -4.84. The molecule has 0 aromatic heterocycles. The van der Waals surface area contributed by atoms with Crippen LogP contribution >= 0.6 is 7.82 Å². The number of phosphoric acid groups is 1. The summed E-state index contributed by atoms with van der Waals surface area (Å²) in [4.78, 5) is 23.9. The molecule has 0 aromatic rings. The minimum absolute atomic E-state index is 0.0664. The zero-order chi connectivity index (χ0) is 23.7. The first-order valence-electron chi connectivity index (χ1n) is 11.1. The molecule has 0 bridgehead atoms. The molecule has 0 aliphatic carbocycles. The average Bonchev–Trinajstić information content (AvgIpc) is 2.69. The van der Waals surface area contributed by atoms with Gasteiger partial charge in [0.1, 0.15) is 18.5 Å². The normalized spacial score (nSPS) is 23.3. The Balaban J connectivity index is 5.90. The van der Waals surface area contributed by atoms with Crippen LogP contribution < -0.4 is 4.89 Å². The Morgan fingerprint density at radius 1 is 1.07 bits per heavy atom. The van der Waals surface area contributed by atoms with E-state index in [-0.39, 0.29) is 36.7 Å². The molecule has 0 radical (unpaired) electrons. The predicted molar refractivity (Wildman–Crippen MR) is 117 cm³/mol. The van der Waals surface area contributed by atoms with Crippen molar-refractivity contribution >= 4 is 14.1 Å². The standard InChI is InChI=1S/C22H45O7P/c1-10-15(3)17(5)19(7)22(8,18(6)16(4)11-2)29-30(25,26)28-21(12-13-23)20(24)14-27-9/h13,15-21,24H,10-12,14H2,1-9H3,(H,25,26)/p-1. The Labute approximate surface area is 183 Å². The molecule has 30 heavy (non-hydrogen) atoms. The van der Waals surface area contributed by atoms with Crippen LogP contribution in [0.1, 0.15) is 74.7 Å². The third-order valence-corrected chi connectivity index (χ3v) is 8.45. The molecule has 0 aliphatic rings. The van der Waals surface area contributed by atoms with Crippen molar-refractivity contribution in [1.82, 2.24) is 0 Å². The summed E-state index contributed by atoms with van der Waals surface area (Å²) in [6.45, 7) is 16.3. The summed E-state index contributed by atoms with van der Waals surface area (Å²) in [5.74, 6) is 0.701. The highest BCUT2D eigenvalue weighted by Gasteiger charge is 2.46. The molecule has 0 heterocycles. The smallest absolute Gasteiger partial charge is 0.268 e. The lowest BCUT2D eigenvalue weighted by Gasteiger charge is -2.49. The molecule has 0 saturated carbocycles. The molecule has 7 nitrogen and oxygen atoms in total. The number of hydrogen-bond acceptors (Lipinski definition) is 7. The van der Waals surface area contributed by atoms with Gasteiger partial charge in [0, 0.05) is 13.5 Å². The van der Waals surface area contributed by atoms with E-state index in [1.54, 1.807) is 0 Å². The van der Waals surface area contributed by atoms with Crippen molar-refractivity contribution in [2.75, 3.05) is 13.7 Å². The van der Waals surface area contributed by atoms with E-state index in [1.807, 2.05) is 20.8 Å². The highest BCUT2D eigenvalue weighted by Crippen LogP contribution is 2.52. The lowest BCUT2D eigenvalue weighted by Crippen LogP contribution is -2.49. The van der Waals surface area contributed by atoms with Crippen molar-refractivity contribution in [3.63, 3.8) is 0 Å². The van der Waals surface area contributed by atoms with Gasteiger partial charge in [0.2, 0.25) is 0 Å². The van der Waals surface area contributed by atoms with E-state index in [0.717, 1.165) is 12.8 Å². The van der Waals surface area contributed by atoms with E-state index in [4.69, 9.17) is 13.8 Å². The second kappa shape index (κ2) is 13.3. The number of carbonyl (C=O) groups is 1. The van der Waals surface area contributed by atoms with Crippen molar-refractivity contribution in [2.24, 2.45) is 29.6 Å². The van der Waals surface area contributed by atoms with Crippen LogP contribution in [0.2, 0.25) is 0 Å². The first kappa shape index (κ1) is 29.7. The zero-order valence-corrected chi connectivity index (χ0v) is 21.2. The largest absolute Gasteiger partial charge is 0.756 e. The molecule has 0 saturated heterocycles. The molecule has 8 heteroatoms. The minimum Gasteiger partial charge on any atom is -0.756 e. The third-order valence-electron chi connectivity index (χ3n) is 7.30. The molecule has 1 N–H and O–H groups in total. The van der Waals surface area contributed by atoms with Crippen molar-refractivity contribution in [3.05, 3.63) is 0 Å². The number of phosphoric ester groups is 1. The zero-order valence-electron chi connectivity index (χ0n) is 20.3.